The van der Waals surface area contributed by atoms with Gasteiger partial charge in [-0.1, -0.05) is 12.1 Å². The molecule has 144 valence electrons. The number of sulfonamides is 1. The summed E-state index contributed by atoms with van der Waals surface area (Å²) in [6.45, 7) is 4.92. The molecule has 0 radical (unpaired) electrons. The zero-order chi connectivity index (χ0) is 20.4. The molecule has 8 nitrogen and oxygen atoms in total. The van der Waals surface area contributed by atoms with E-state index < -0.39 is 20.9 Å². The molecular formula is C18H20N2O6S. The number of rotatable bonds is 6. The Kier molecular flexibility index (Phi) is 5.85. The number of ether oxygens (including phenoxy) is 1. The Hall–Kier alpha value is -2.94. The normalized spacial score (nSPS) is 11.1. The molecule has 0 fully saturated rings. The standard InChI is InChI=1S/C18H20N2O6S/c1-5-19(16-8-6-7-15(13(16)3)18(21)26-4)27(24,25)17-11-14(20(22)23)10-9-12(17)2/h6-11H,5H2,1-4H3. The van der Waals surface area contributed by atoms with E-state index in [-0.39, 0.29) is 22.7 Å². The highest BCUT2D eigenvalue weighted by atomic mass is 32.2. The average Bonchev–Trinajstić information content (AvgIpc) is 2.62. The Labute approximate surface area is 157 Å². The van der Waals surface area contributed by atoms with Gasteiger partial charge < -0.3 is 4.74 Å². The highest BCUT2D eigenvalue weighted by Crippen LogP contribution is 2.31. The van der Waals surface area contributed by atoms with Crippen molar-refractivity contribution in [2.75, 3.05) is 18.0 Å². The van der Waals surface area contributed by atoms with Gasteiger partial charge in [-0.15, -0.1) is 0 Å². The maximum Gasteiger partial charge on any atom is 0.338 e. The number of nitro benzene ring substituents is 1. The van der Waals surface area contributed by atoms with E-state index in [1.807, 2.05) is 0 Å². The molecule has 2 rings (SSSR count). The molecular weight excluding hydrogens is 372 g/mol. The van der Waals surface area contributed by atoms with Crippen molar-refractivity contribution in [2.24, 2.45) is 0 Å². The van der Waals surface area contributed by atoms with Crippen LogP contribution in [0.2, 0.25) is 0 Å². The molecule has 0 spiro atoms. The molecule has 27 heavy (non-hydrogen) atoms. The van der Waals surface area contributed by atoms with Crippen LogP contribution >= 0.6 is 0 Å². The quantitative estimate of drug-likeness (QED) is 0.424. The first-order valence-electron chi connectivity index (χ1n) is 8.10. The Morgan fingerprint density at radius 1 is 1.22 bits per heavy atom. The largest absolute Gasteiger partial charge is 0.465 e. The van der Waals surface area contributed by atoms with Crippen LogP contribution in [0.3, 0.4) is 0 Å². The Bertz CT molecular complexity index is 1000. The molecule has 0 saturated heterocycles. The first-order valence-corrected chi connectivity index (χ1v) is 9.54. The summed E-state index contributed by atoms with van der Waals surface area (Å²) < 4.78 is 32.4. The summed E-state index contributed by atoms with van der Waals surface area (Å²) in [4.78, 5) is 22.2. The maximum atomic E-state index is 13.2. The first-order chi connectivity index (χ1) is 12.6. The minimum Gasteiger partial charge on any atom is -0.465 e. The summed E-state index contributed by atoms with van der Waals surface area (Å²) in [6.07, 6.45) is 0. The summed E-state index contributed by atoms with van der Waals surface area (Å²) in [5.41, 5.74) is 1.08. The topological polar surface area (TPSA) is 107 Å². The van der Waals surface area contributed by atoms with Crippen molar-refractivity contribution in [3.8, 4) is 0 Å². The fraction of sp³-hybridized carbons (Fsp3) is 0.278. The molecule has 0 amide bonds. The number of esters is 1. The number of nitro groups is 1. The number of anilines is 1. The van der Waals surface area contributed by atoms with Gasteiger partial charge in [0.2, 0.25) is 0 Å². The van der Waals surface area contributed by atoms with Crippen molar-refractivity contribution >= 4 is 27.4 Å². The highest BCUT2D eigenvalue weighted by Gasteiger charge is 2.29. The van der Waals surface area contributed by atoms with Gasteiger partial charge in [-0.3, -0.25) is 14.4 Å². The number of methoxy groups -OCH3 is 1. The maximum absolute atomic E-state index is 13.2. The smallest absolute Gasteiger partial charge is 0.338 e. The SMILES string of the molecule is CCN(c1cccc(C(=O)OC)c1C)S(=O)(=O)c1cc([N+](=O)[O-])ccc1C. The highest BCUT2D eigenvalue weighted by molar-refractivity contribution is 7.92. The number of nitrogens with zero attached hydrogens (tertiary/aromatic N) is 2. The van der Waals surface area contributed by atoms with Crippen LogP contribution in [0.5, 0.6) is 0 Å². The Morgan fingerprint density at radius 3 is 2.44 bits per heavy atom. The van der Waals surface area contributed by atoms with Gasteiger partial charge >= 0.3 is 5.97 Å². The number of non-ortho nitro benzene ring substituents is 1. The van der Waals surface area contributed by atoms with Crippen molar-refractivity contribution in [3.63, 3.8) is 0 Å². The van der Waals surface area contributed by atoms with E-state index in [4.69, 9.17) is 4.74 Å². The molecule has 0 heterocycles. The molecule has 0 aromatic heterocycles. The lowest BCUT2D eigenvalue weighted by atomic mass is 10.1. The lowest BCUT2D eigenvalue weighted by molar-refractivity contribution is -0.385. The van der Waals surface area contributed by atoms with Crippen LogP contribution in [0.15, 0.2) is 41.3 Å². The third-order valence-corrected chi connectivity index (χ3v) is 6.25. The van der Waals surface area contributed by atoms with E-state index in [1.165, 1.54) is 19.2 Å². The second-order valence-corrected chi connectivity index (χ2v) is 7.65. The fourth-order valence-corrected chi connectivity index (χ4v) is 4.57. The monoisotopic (exact) mass is 392 g/mol. The molecule has 0 atom stereocenters. The van der Waals surface area contributed by atoms with Crippen molar-refractivity contribution in [2.45, 2.75) is 25.7 Å². The molecule has 0 aliphatic heterocycles. The molecule has 0 N–H and O–H groups in total. The third-order valence-electron chi connectivity index (χ3n) is 4.22. The molecule has 0 unspecified atom stereocenters. The van der Waals surface area contributed by atoms with Gasteiger partial charge in [-0.05, 0) is 44.0 Å². The minimum atomic E-state index is -4.09. The van der Waals surface area contributed by atoms with Crippen molar-refractivity contribution in [1.29, 1.82) is 0 Å². The first kappa shape index (κ1) is 20.4. The van der Waals surface area contributed by atoms with Crippen LogP contribution in [0.25, 0.3) is 0 Å². The van der Waals surface area contributed by atoms with E-state index in [0.717, 1.165) is 10.4 Å². The van der Waals surface area contributed by atoms with E-state index in [9.17, 15) is 23.3 Å². The van der Waals surface area contributed by atoms with Gasteiger partial charge in [0, 0.05) is 18.7 Å². The lowest BCUT2D eigenvalue weighted by Crippen LogP contribution is -2.32. The summed E-state index contributed by atoms with van der Waals surface area (Å²) in [5.74, 6) is -0.575. The lowest BCUT2D eigenvalue weighted by Gasteiger charge is -2.26. The van der Waals surface area contributed by atoms with Crippen molar-refractivity contribution < 1.29 is 22.9 Å². The molecule has 0 bridgehead atoms. The van der Waals surface area contributed by atoms with Crippen LogP contribution in [-0.4, -0.2) is 33.0 Å². The van der Waals surface area contributed by atoms with Crippen LogP contribution in [0.1, 0.15) is 28.4 Å². The van der Waals surface area contributed by atoms with Gasteiger partial charge in [0.25, 0.3) is 15.7 Å². The van der Waals surface area contributed by atoms with E-state index in [1.54, 1.807) is 39.0 Å². The third kappa shape index (κ3) is 3.77. The van der Waals surface area contributed by atoms with E-state index in [0.29, 0.717) is 16.8 Å². The summed E-state index contributed by atoms with van der Waals surface area (Å²) in [6, 6.07) is 8.39. The van der Waals surface area contributed by atoms with Gasteiger partial charge in [0.1, 0.15) is 0 Å². The summed E-state index contributed by atoms with van der Waals surface area (Å²) >= 11 is 0. The van der Waals surface area contributed by atoms with Crippen LogP contribution < -0.4 is 4.31 Å². The van der Waals surface area contributed by atoms with E-state index >= 15 is 0 Å². The van der Waals surface area contributed by atoms with Gasteiger partial charge in [0.05, 0.1) is 28.2 Å². The number of carbonyl (C=O) groups excluding carboxylic acids is 1. The predicted molar refractivity (Wildman–Crippen MR) is 101 cm³/mol. The average molecular weight is 392 g/mol. The molecule has 2 aromatic rings. The van der Waals surface area contributed by atoms with Gasteiger partial charge in [0.15, 0.2) is 0 Å². The van der Waals surface area contributed by atoms with Crippen LogP contribution in [0.4, 0.5) is 11.4 Å². The molecule has 0 aliphatic rings. The van der Waals surface area contributed by atoms with Crippen molar-refractivity contribution in [3.05, 3.63) is 63.2 Å². The van der Waals surface area contributed by atoms with Gasteiger partial charge in [-0.2, -0.15) is 0 Å². The number of aryl methyl sites for hydroxylation is 1. The molecule has 9 heteroatoms. The zero-order valence-corrected chi connectivity index (χ0v) is 16.2. The fourth-order valence-electron chi connectivity index (χ4n) is 2.79. The molecule has 0 aliphatic carbocycles. The Morgan fingerprint density at radius 2 is 1.89 bits per heavy atom. The number of carbonyl (C=O) groups is 1. The molecule has 0 saturated carbocycles. The zero-order valence-electron chi connectivity index (χ0n) is 15.4. The Balaban J connectivity index is 2.66. The molecule has 2 aromatic carbocycles. The second kappa shape index (κ2) is 7.75. The number of benzene rings is 2. The second-order valence-electron chi connectivity index (χ2n) is 5.82. The minimum absolute atomic E-state index is 0.0793. The van der Waals surface area contributed by atoms with Gasteiger partial charge in [-0.25, -0.2) is 13.2 Å². The number of hydrogen-bond donors (Lipinski definition) is 0. The van der Waals surface area contributed by atoms with Crippen LogP contribution in [-0.2, 0) is 14.8 Å². The van der Waals surface area contributed by atoms with E-state index in [2.05, 4.69) is 0 Å². The number of hydrogen-bond acceptors (Lipinski definition) is 6. The predicted octanol–water partition coefficient (Wildman–Crippen LogP) is 3.21. The van der Waals surface area contributed by atoms with Crippen molar-refractivity contribution in [1.82, 2.24) is 0 Å². The summed E-state index contributed by atoms with van der Waals surface area (Å²) in [7, 11) is -2.84. The summed E-state index contributed by atoms with van der Waals surface area (Å²) in [5, 5.41) is 11.1. The van der Waals surface area contributed by atoms with Crippen LogP contribution in [0, 0.1) is 24.0 Å².